The minimum atomic E-state index is 0.0371. The van der Waals surface area contributed by atoms with Crippen LogP contribution in [0.25, 0.3) is 0 Å². The smallest absolute Gasteiger partial charge is 0.238 e. The fourth-order valence-corrected chi connectivity index (χ4v) is 4.02. The topological polar surface area (TPSA) is 67.3 Å². The predicted molar refractivity (Wildman–Crippen MR) is 125 cm³/mol. The molecule has 1 fully saturated rings. The third-order valence-electron chi connectivity index (χ3n) is 5.67. The molecule has 0 radical (unpaired) electrons. The Kier molecular flexibility index (Phi) is 7.46. The molecule has 1 aliphatic carbocycles. The van der Waals surface area contributed by atoms with Gasteiger partial charge in [-0.15, -0.1) is 0 Å². The molecule has 2 aliphatic rings. The van der Waals surface area contributed by atoms with Gasteiger partial charge in [-0.05, 0) is 56.0 Å². The van der Waals surface area contributed by atoms with Crippen LogP contribution in [0.5, 0.6) is 11.6 Å². The van der Waals surface area contributed by atoms with Gasteiger partial charge in [0.2, 0.25) is 11.8 Å². The van der Waals surface area contributed by atoms with Crippen molar-refractivity contribution in [3.8, 4) is 11.6 Å². The molecule has 1 N–H and O–H groups in total. The van der Waals surface area contributed by atoms with E-state index in [1.807, 2.05) is 31.2 Å². The number of likely N-dealkylation sites (tertiary alicyclic amines) is 1. The molecule has 1 aliphatic heterocycles. The molecule has 6 nitrogen and oxygen atoms in total. The van der Waals surface area contributed by atoms with E-state index in [4.69, 9.17) is 4.74 Å². The summed E-state index contributed by atoms with van der Waals surface area (Å²) in [6, 6.07) is 8.02. The Morgan fingerprint density at radius 3 is 3.09 bits per heavy atom. The summed E-state index contributed by atoms with van der Waals surface area (Å²) in [7, 11) is 0. The van der Waals surface area contributed by atoms with Gasteiger partial charge in [-0.3, -0.25) is 14.7 Å². The summed E-state index contributed by atoms with van der Waals surface area (Å²) in [5.74, 6) is 1.42. The Bertz CT molecular complexity index is 1030. The average molecular weight is 431 g/mol. The maximum atomic E-state index is 12.7. The second-order valence-electron chi connectivity index (χ2n) is 8.33. The Morgan fingerprint density at radius 1 is 1.25 bits per heavy atom. The molecule has 1 aromatic heterocycles. The SMILES string of the molecule is Cc1cncc(Oc2cccc(CN3CCC(C(=O)NCC4=CCCC=CC=C4)C3)c2)n1. The fourth-order valence-electron chi connectivity index (χ4n) is 4.02. The van der Waals surface area contributed by atoms with Crippen LogP contribution in [0.2, 0.25) is 0 Å². The van der Waals surface area contributed by atoms with Gasteiger partial charge in [-0.2, -0.15) is 0 Å². The van der Waals surface area contributed by atoms with Crippen molar-refractivity contribution in [2.45, 2.75) is 32.7 Å². The first-order chi connectivity index (χ1) is 15.7. The summed E-state index contributed by atoms with van der Waals surface area (Å²) in [6.45, 7) is 4.97. The number of ether oxygens (including phenoxy) is 1. The maximum Gasteiger partial charge on any atom is 0.238 e. The number of aryl methyl sites for hydroxylation is 1. The van der Waals surface area contributed by atoms with Gasteiger partial charge in [-0.25, -0.2) is 4.98 Å². The summed E-state index contributed by atoms with van der Waals surface area (Å²) >= 11 is 0. The molecule has 6 heteroatoms. The fraction of sp³-hybridized carbons (Fsp3) is 0.346. The van der Waals surface area contributed by atoms with Crippen LogP contribution < -0.4 is 10.1 Å². The molecule has 2 aromatic rings. The zero-order valence-electron chi connectivity index (χ0n) is 18.5. The number of carbonyl (C=O) groups excluding carboxylic acids is 1. The monoisotopic (exact) mass is 430 g/mol. The van der Waals surface area contributed by atoms with Crippen molar-refractivity contribution in [3.05, 3.63) is 83.9 Å². The Hall–Kier alpha value is -3.25. The van der Waals surface area contributed by atoms with E-state index in [0.29, 0.717) is 12.4 Å². The molecular formula is C26H30N4O2. The van der Waals surface area contributed by atoms with Crippen LogP contribution in [-0.2, 0) is 11.3 Å². The van der Waals surface area contributed by atoms with Crippen LogP contribution in [0, 0.1) is 12.8 Å². The number of carbonyl (C=O) groups is 1. The quantitative estimate of drug-likeness (QED) is 0.707. The van der Waals surface area contributed by atoms with Crippen molar-refractivity contribution in [1.82, 2.24) is 20.2 Å². The first-order valence-corrected chi connectivity index (χ1v) is 11.2. The van der Waals surface area contributed by atoms with Gasteiger partial charge < -0.3 is 10.1 Å². The second-order valence-corrected chi connectivity index (χ2v) is 8.33. The Morgan fingerprint density at radius 2 is 2.19 bits per heavy atom. The van der Waals surface area contributed by atoms with Gasteiger partial charge in [0.15, 0.2) is 0 Å². The van der Waals surface area contributed by atoms with Gasteiger partial charge in [-0.1, -0.05) is 42.5 Å². The van der Waals surface area contributed by atoms with Crippen LogP contribution in [0.4, 0.5) is 0 Å². The first-order valence-electron chi connectivity index (χ1n) is 11.2. The summed E-state index contributed by atoms with van der Waals surface area (Å²) in [5.41, 5.74) is 3.15. The number of benzene rings is 1. The highest BCUT2D eigenvalue weighted by atomic mass is 16.5. The van der Waals surface area contributed by atoms with Crippen molar-refractivity contribution in [2.24, 2.45) is 5.92 Å². The van der Waals surface area contributed by atoms with E-state index in [-0.39, 0.29) is 11.8 Å². The van der Waals surface area contributed by atoms with E-state index in [1.165, 1.54) is 5.57 Å². The lowest BCUT2D eigenvalue weighted by Gasteiger charge is -2.17. The van der Waals surface area contributed by atoms with Crippen LogP contribution in [0.1, 0.15) is 30.5 Å². The van der Waals surface area contributed by atoms with E-state index in [0.717, 1.165) is 55.9 Å². The number of amides is 1. The van der Waals surface area contributed by atoms with Gasteiger partial charge >= 0.3 is 0 Å². The molecule has 1 saturated heterocycles. The zero-order valence-corrected chi connectivity index (χ0v) is 18.5. The summed E-state index contributed by atoms with van der Waals surface area (Å²) < 4.78 is 5.86. The van der Waals surface area contributed by atoms with Crippen LogP contribution in [0.15, 0.2) is 72.6 Å². The lowest BCUT2D eigenvalue weighted by Crippen LogP contribution is -2.33. The molecule has 2 heterocycles. The molecule has 1 aromatic carbocycles. The lowest BCUT2D eigenvalue weighted by atomic mass is 10.1. The highest BCUT2D eigenvalue weighted by molar-refractivity contribution is 5.79. The normalized spacial score (nSPS) is 18.7. The number of hydrogen-bond acceptors (Lipinski definition) is 5. The third kappa shape index (κ3) is 6.37. The summed E-state index contributed by atoms with van der Waals surface area (Å²) in [5, 5.41) is 3.13. The van der Waals surface area contributed by atoms with Gasteiger partial charge in [0.05, 0.1) is 17.8 Å². The van der Waals surface area contributed by atoms with E-state index in [2.05, 4.69) is 50.6 Å². The van der Waals surface area contributed by atoms with Crippen molar-refractivity contribution in [3.63, 3.8) is 0 Å². The Labute approximate surface area is 189 Å². The molecule has 1 atom stereocenters. The van der Waals surface area contributed by atoms with Crippen LogP contribution in [-0.4, -0.2) is 40.4 Å². The van der Waals surface area contributed by atoms with Gasteiger partial charge in [0, 0.05) is 25.8 Å². The van der Waals surface area contributed by atoms with E-state index in [9.17, 15) is 4.79 Å². The van der Waals surface area contributed by atoms with Crippen LogP contribution >= 0.6 is 0 Å². The molecule has 32 heavy (non-hydrogen) atoms. The number of rotatable bonds is 7. The lowest BCUT2D eigenvalue weighted by molar-refractivity contribution is -0.124. The van der Waals surface area contributed by atoms with E-state index < -0.39 is 0 Å². The highest BCUT2D eigenvalue weighted by Crippen LogP contribution is 2.23. The van der Waals surface area contributed by atoms with E-state index in [1.54, 1.807) is 12.4 Å². The number of hydrogen-bond donors (Lipinski definition) is 1. The first kappa shape index (κ1) is 22.0. The molecule has 1 amide bonds. The van der Waals surface area contributed by atoms with Gasteiger partial charge in [0.25, 0.3) is 0 Å². The number of aromatic nitrogens is 2. The number of nitrogens with zero attached hydrogens (tertiary/aromatic N) is 3. The maximum absolute atomic E-state index is 12.7. The molecule has 0 bridgehead atoms. The zero-order chi connectivity index (χ0) is 22.2. The minimum absolute atomic E-state index is 0.0371. The standard InChI is InChI=1S/C26H30N4O2/c1-20-15-27-17-25(29-20)32-24-11-7-10-22(14-24)18-30-13-12-23(19-30)26(31)28-16-21-8-5-3-2-4-6-9-21/h2-3,5,7-11,14-15,17,23H,4,6,12-13,16,18-19H2,1H3,(H,28,31). The number of nitrogens with one attached hydrogen (secondary N) is 1. The van der Waals surface area contributed by atoms with Crippen LogP contribution in [0.3, 0.4) is 0 Å². The largest absolute Gasteiger partial charge is 0.437 e. The number of allylic oxidation sites excluding steroid dienone is 4. The molecular weight excluding hydrogens is 400 g/mol. The highest BCUT2D eigenvalue weighted by Gasteiger charge is 2.28. The average Bonchev–Trinajstić information content (AvgIpc) is 3.22. The van der Waals surface area contributed by atoms with Crippen molar-refractivity contribution in [2.75, 3.05) is 19.6 Å². The molecule has 0 saturated carbocycles. The van der Waals surface area contributed by atoms with Crippen molar-refractivity contribution in [1.29, 1.82) is 0 Å². The van der Waals surface area contributed by atoms with Gasteiger partial charge in [0.1, 0.15) is 5.75 Å². The second kappa shape index (κ2) is 10.9. The predicted octanol–water partition coefficient (Wildman–Crippen LogP) is 4.35. The molecule has 166 valence electrons. The van der Waals surface area contributed by atoms with Crippen molar-refractivity contribution >= 4 is 5.91 Å². The third-order valence-corrected chi connectivity index (χ3v) is 5.67. The minimum Gasteiger partial charge on any atom is -0.437 e. The summed E-state index contributed by atoms with van der Waals surface area (Å²) in [6.07, 6.45) is 16.8. The molecule has 1 unspecified atom stereocenters. The Balaban J connectivity index is 1.27. The molecule has 0 spiro atoms. The molecule has 4 rings (SSSR count). The van der Waals surface area contributed by atoms with Crippen molar-refractivity contribution < 1.29 is 9.53 Å². The van der Waals surface area contributed by atoms with E-state index >= 15 is 0 Å². The summed E-state index contributed by atoms with van der Waals surface area (Å²) in [4.78, 5) is 23.5.